The Hall–Kier alpha value is -0.360. The molecular formula is C11H19Cl2N3OS. The number of nitrogens with zero attached hydrogens (tertiary/aromatic N) is 2. The van der Waals surface area contributed by atoms with E-state index in [4.69, 9.17) is 0 Å². The summed E-state index contributed by atoms with van der Waals surface area (Å²) in [7, 11) is 1.86. The van der Waals surface area contributed by atoms with E-state index >= 15 is 0 Å². The third-order valence-electron chi connectivity index (χ3n) is 2.88. The molecule has 0 aliphatic carbocycles. The number of rotatable bonds is 3. The summed E-state index contributed by atoms with van der Waals surface area (Å²) in [6.45, 7) is 2.49. The van der Waals surface area contributed by atoms with Gasteiger partial charge < -0.3 is 10.2 Å². The van der Waals surface area contributed by atoms with Crippen molar-refractivity contribution in [3.8, 4) is 0 Å². The van der Waals surface area contributed by atoms with Crippen molar-refractivity contribution >= 4 is 42.1 Å². The van der Waals surface area contributed by atoms with Crippen LogP contribution in [0.15, 0.2) is 11.6 Å². The van der Waals surface area contributed by atoms with Crippen LogP contribution in [0.2, 0.25) is 0 Å². The van der Waals surface area contributed by atoms with Crippen LogP contribution in [-0.2, 0) is 11.3 Å². The quantitative estimate of drug-likeness (QED) is 0.928. The van der Waals surface area contributed by atoms with E-state index < -0.39 is 0 Å². The Bertz CT molecular complexity index is 342. The van der Waals surface area contributed by atoms with Crippen LogP contribution >= 0.6 is 36.2 Å². The summed E-state index contributed by atoms with van der Waals surface area (Å²) < 4.78 is 0. The second-order valence-electron chi connectivity index (χ2n) is 4.16. The van der Waals surface area contributed by atoms with Gasteiger partial charge in [-0.3, -0.25) is 4.79 Å². The Labute approximate surface area is 124 Å². The number of carbonyl (C=O) groups excluding carboxylic acids is 1. The van der Waals surface area contributed by atoms with Gasteiger partial charge in [0, 0.05) is 25.2 Å². The zero-order valence-electron chi connectivity index (χ0n) is 10.3. The molecule has 0 bridgehead atoms. The summed E-state index contributed by atoms with van der Waals surface area (Å²) in [6, 6.07) is 0. The van der Waals surface area contributed by atoms with Crippen molar-refractivity contribution in [2.24, 2.45) is 5.92 Å². The molecule has 1 unspecified atom stereocenters. The smallest absolute Gasteiger partial charge is 0.227 e. The normalized spacial score (nSPS) is 18.4. The lowest BCUT2D eigenvalue weighted by molar-refractivity contribution is -0.135. The third-order valence-corrected chi connectivity index (χ3v) is 3.64. The van der Waals surface area contributed by atoms with Crippen molar-refractivity contribution < 1.29 is 4.79 Å². The molecule has 2 rings (SSSR count). The van der Waals surface area contributed by atoms with Crippen molar-refractivity contribution in [2.45, 2.75) is 19.4 Å². The predicted molar refractivity (Wildman–Crippen MR) is 78.7 cm³/mol. The number of nitrogens with one attached hydrogen (secondary N) is 1. The Balaban J connectivity index is 0.00000144. The van der Waals surface area contributed by atoms with Gasteiger partial charge >= 0.3 is 0 Å². The lowest BCUT2D eigenvalue weighted by Crippen LogP contribution is -2.41. The third kappa shape index (κ3) is 4.72. The molecule has 0 saturated carbocycles. The zero-order chi connectivity index (χ0) is 11.4. The Morgan fingerprint density at radius 1 is 1.61 bits per heavy atom. The van der Waals surface area contributed by atoms with Crippen molar-refractivity contribution in [1.29, 1.82) is 0 Å². The molecule has 0 spiro atoms. The van der Waals surface area contributed by atoms with Crippen LogP contribution in [0.5, 0.6) is 0 Å². The molecular weight excluding hydrogens is 293 g/mol. The number of halogens is 2. The second kappa shape index (κ2) is 8.69. The lowest BCUT2D eigenvalue weighted by atomic mass is 9.98. The van der Waals surface area contributed by atoms with Crippen molar-refractivity contribution in [1.82, 2.24) is 15.2 Å². The number of hydrogen-bond acceptors (Lipinski definition) is 4. The van der Waals surface area contributed by atoms with Gasteiger partial charge in [-0.1, -0.05) is 0 Å². The van der Waals surface area contributed by atoms with Gasteiger partial charge in [-0.15, -0.1) is 36.2 Å². The van der Waals surface area contributed by atoms with Crippen molar-refractivity contribution in [2.75, 3.05) is 20.1 Å². The van der Waals surface area contributed by atoms with Gasteiger partial charge in [0.2, 0.25) is 5.91 Å². The summed E-state index contributed by atoms with van der Waals surface area (Å²) in [5.74, 6) is 0.390. The highest BCUT2D eigenvalue weighted by atomic mass is 35.5. The second-order valence-corrected chi connectivity index (χ2v) is 5.14. The molecule has 1 atom stereocenters. The van der Waals surface area contributed by atoms with E-state index in [0.717, 1.165) is 30.9 Å². The molecule has 1 amide bonds. The summed E-state index contributed by atoms with van der Waals surface area (Å²) in [5, 5.41) is 6.21. The minimum atomic E-state index is 0. The van der Waals surface area contributed by atoms with E-state index in [2.05, 4.69) is 10.3 Å². The molecule has 1 aromatic heterocycles. The highest BCUT2D eigenvalue weighted by Crippen LogP contribution is 2.15. The van der Waals surface area contributed by atoms with Crippen LogP contribution in [0.4, 0.5) is 0 Å². The molecule has 1 fully saturated rings. The van der Waals surface area contributed by atoms with Crippen LogP contribution in [-0.4, -0.2) is 35.9 Å². The molecule has 1 aliphatic rings. The van der Waals surface area contributed by atoms with Gasteiger partial charge in [0.05, 0.1) is 12.5 Å². The van der Waals surface area contributed by atoms with Gasteiger partial charge in [-0.2, -0.15) is 0 Å². The first-order valence-electron chi connectivity index (χ1n) is 5.61. The van der Waals surface area contributed by atoms with Crippen LogP contribution in [0, 0.1) is 5.92 Å². The Kier molecular flexibility index (Phi) is 8.52. The van der Waals surface area contributed by atoms with Crippen LogP contribution in [0.1, 0.15) is 17.8 Å². The first kappa shape index (κ1) is 17.6. The highest BCUT2D eigenvalue weighted by Gasteiger charge is 2.24. The molecule has 1 N–H and O–H groups in total. The first-order valence-corrected chi connectivity index (χ1v) is 6.49. The fourth-order valence-corrected chi connectivity index (χ4v) is 2.65. The topological polar surface area (TPSA) is 45.2 Å². The molecule has 1 saturated heterocycles. The maximum atomic E-state index is 12.1. The Morgan fingerprint density at radius 2 is 2.39 bits per heavy atom. The SMILES string of the molecule is CN(Cc1nccs1)C(=O)C1CCCNC1.Cl.Cl. The molecule has 104 valence electrons. The average Bonchev–Trinajstić information content (AvgIpc) is 2.82. The van der Waals surface area contributed by atoms with Crippen LogP contribution < -0.4 is 5.32 Å². The first-order chi connectivity index (χ1) is 7.77. The summed E-state index contributed by atoms with van der Waals surface area (Å²) in [6.07, 6.45) is 3.88. The zero-order valence-corrected chi connectivity index (χ0v) is 12.7. The van der Waals surface area contributed by atoms with Gasteiger partial charge in [0.15, 0.2) is 0 Å². The molecule has 4 nitrogen and oxygen atoms in total. The maximum Gasteiger partial charge on any atom is 0.227 e. The fraction of sp³-hybridized carbons (Fsp3) is 0.636. The number of piperidine rings is 1. The minimum absolute atomic E-state index is 0. The van der Waals surface area contributed by atoms with E-state index in [1.54, 1.807) is 22.4 Å². The van der Waals surface area contributed by atoms with Crippen LogP contribution in [0.3, 0.4) is 0 Å². The van der Waals surface area contributed by atoms with E-state index in [0.29, 0.717) is 6.54 Å². The molecule has 1 aliphatic heterocycles. The molecule has 7 heteroatoms. The van der Waals surface area contributed by atoms with Gasteiger partial charge in [0.1, 0.15) is 5.01 Å². The number of carbonyl (C=O) groups is 1. The van der Waals surface area contributed by atoms with Gasteiger partial charge in [-0.05, 0) is 19.4 Å². The average molecular weight is 312 g/mol. The van der Waals surface area contributed by atoms with Gasteiger partial charge in [-0.25, -0.2) is 4.98 Å². The lowest BCUT2D eigenvalue weighted by Gasteiger charge is -2.26. The van der Waals surface area contributed by atoms with E-state index in [9.17, 15) is 4.79 Å². The Morgan fingerprint density at radius 3 is 2.94 bits per heavy atom. The molecule has 0 radical (unpaired) electrons. The van der Waals surface area contributed by atoms with E-state index in [1.165, 1.54) is 0 Å². The predicted octanol–water partition coefficient (Wildman–Crippen LogP) is 1.94. The summed E-state index contributed by atoms with van der Waals surface area (Å²) in [5.41, 5.74) is 0. The fourth-order valence-electron chi connectivity index (χ4n) is 1.99. The van der Waals surface area contributed by atoms with Crippen LogP contribution in [0.25, 0.3) is 0 Å². The number of amides is 1. The largest absolute Gasteiger partial charge is 0.339 e. The summed E-state index contributed by atoms with van der Waals surface area (Å²) in [4.78, 5) is 18.1. The maximum absolute atomic E-state index is 12.1. The summed E-state index contributed by atoms with van der Waals surface area (Å²) >= 11 is 1.59. The standard InChI is InChI=1S/C11H17N3OS.2ClH/c1-14(8-10-13-5-6-16-10)11(15)9-3-2-4-12-7-9;;/h5-6,9,12H,2-4,7-8H2,1H3;2*1H. The number of aromatic nitrogens is 1. The minimum Gasteiger partial charge on any atom is -0.339 e. The molecule has 0 aromatic carbocycles. The molecule has 2 heterocycles. The van der Waals surface area contributed by atoms with Gasteiger partial charge in [0.25, 0.3) is 0 Å². The monoisotopic (exact) mass is 311 g/mol. The number of thiazole rings is 1. The van der Waals surface area contributed by atoms with E-state index in [1.807, 2.05) is 12.4 Å². The molecule has 18 heavy (non-hydrogen) atoms. The molecule has 1 aromatic rings. The van der Waals surface area contributed by atoms with Crippen molar-refractivity contribution in [3.63, 3.8) is 0 Å². The van der Waals surface area contributed by atoms with Crippen molar-refractivity contribution in [3.05, 3.63) is 16.6 Å². The van der Waals surface area contributed by atoms with E-state index in [-0.39, 0.29) is 36.6 Å². The highest BCUT2D eigenvalue weighted by molar-refractivity contribution is 7.09. The number of hydrogen-bond donors (Lipinski definition) is 1.